The van der Waals surface area contributed by atoms with Gasteiger partial charge in [0.15, 0.2) is 0 Å². The van der Waals surface area contributed by atoms with Gasteiger partial charge in [0.25, 0.3) is 0 Å². The van der Waals surface area contributed by atoms with E-state index in [0.29, 0.717) is 9.80 Å². The first-order valence-electron chi connectivity index (χ1n) is 6.47. The van der Waals surface area contributed by atoms with Crippen LogP contribution in [0.2, 0.25) is 0 Å². The van der Waals surface area contributed by atoms with Crippen molar-refractivity contribution >= 4 is 35.8 Å². The monoisotopic (exact) mass is 514 g/mol. The largest absolute Gasteiger partial charge is 1.00 e. The summed E-state index contributed by atoms with van der Waals surface area (Å²) >= 11 is 0. The van der Waals surface area contributed by atoms with E-state index in [1.54, 1.807) is 0 Å². The van der Waals surface area contributed by atoms with Crippen LogP contribution >= 0.6 is 0 Å². The van der Waals surface area contributed by atoms with Gasteiger partial charge in [0.05, 0.1) is 35.8 Å². The van der Waals surface area contributed by atoms with Crippen molar-refractivity contribution < 1.29 is 237 Å². The first-order valence-corrected chi connectivity index (χ1v) is 6.47. The summed E-state index contributed by atoms with van der Waals surface area (Å²) in [5.41, 5.74) is 0. The van der Waals surface area contributed by atoms with Crippen molar-refractivity contribution in [2.24, 2.45) is 0 Å². The number of rotatable bonds is 12. The van der Waals surface area contributed by atoms with Gasteiger partial charge in [0.2, 0.25) is 0 Å². The Morgan fingerprint density at radius 1 is 0.344 bits per heavy atom. The molecule has 32 heavy (non-hydrogen) atoms. The molecular formula is C12H12N2Na6O12. The summed E-state index contributed by atoms with van der Waals surface area (Å²) in [6, 6.07) is 0. The normalized spacial score (nSPS) is 8.06. The molecule has 0 aliphatic rings. The first-order chi connectivity index (χ1) is 11.8. The quantitative estimate of drug-likeness (QED) is 0.219. The molecule has 0 aliphatic heterocycles. The molecule has 0 unspecified atom stereocenters. The maximum absolute atomic E-state index is 9.99. The summed E-state index contributed by atoms with van der Waals surface area (Å²) in [4.78, 5) is 61.2. The Kier molecular flexibility index (Phi) is 58.3. The van der Waals surface area contributed by atoms with Gasteiger partial charge >= 0.3 is 177 Å². The van der Waals surface area contributed by atoms with Gasteiger partial charge in [-0.15, -0.1) is 0 Å². The van der Waals surface area contributed by atoms with Gasteiger partial charge in [-0.05, 0) is 0 Å². The minimum Gasteiger partial charge on any atom is -0.549 e. The molecule has 0 fully saturated rings. The van der Waals surface area contributed by atoms with Crippen molar-refractivity contribution in [1.82, 2.24) is 9.80 Å². The summed E-state index contributed by atoms with van der Waals surface area (Å²) in [7, 11) is 0. The number of carboxylic acids is 6. The summed E-state index contributed by atoms with van der Waals surface area (Å²) in [6.07, 6.45) is 0. The average Bonchev–Trinajstić information content (AvgIpc) is 2.33. The molecule has 0 aromatic carbocycles. The fourth-order valence-electron chi connectivity index (χ4n) is 1.43. The second-order valence-electron chi connectivity index (χ2n) is 4.52. The average molecular weight is 514 g/mol. The van der Waals surface area contributed by atoms with Gasteiger partial charge < -0.3 is 59.4 Å². The molecular weight excluding hydrogens is 502 g/mol. The third-order valence-corrected chi connectivity index (χ3v) is 2.12. The standard InChI is InChI=1S/2C6H9NO6.6Na/c2*8-4(9)1-7(2-5(10)11)3-6(12)13;;;;;;/h2*1-3H2,(H,8,9)(H,10,11)(H,12,13);;;;;;/q;;6*+1/p-6. The van der Waals surface area contributed by atoms with E-state index in [4.69, 9.17) is 0 Å². The van der Waals surface area contributed by atoms with Crippen LogP contribution in [0.1, 0.15) is 0 Å². The molecule has 148 valence electrons. The number of hydrogen-bond donors (Lipinski definition) is 0. The smallest absolute Gasteiger partial charge is 0.549 e. The zero-order valence-corrected chi connectivity index (χ0v) is 31.0. The molecule has 0 saturated carbocycles. The number of nitrogens with zero attached hydrogens (tertiary/aromatic N) is 2. The molecule has 14 nitrogen and oxygen atoms in total. The van der Waals surface area contributed by atoms with E-state index in [1.165, 1.54) is 0 Å². The van der Waals surface area contributed by atoms with Gasteiger partial charge in [-0.1, -0.05) is 0 Å². The van der Waals surface area contributed by atoms with Gasteiger partial charge in [0, 0.05) is 39.3 Å². The second kappa shape index (κ2) is 33.7. The zero-order valence-electron chi connectivity index (χ0n) is 19.0. The predicted molar refractivity (Wildman–Crippen MR) is 62.9 cm³/mol. The molecule has 0 amide bonds. The van der Waals surface area contributed by atoms with Crippen LogP contribution in [0.5, 0.6) is 0 Å². The van der Waals surface area contributed by atoms with Crippen molar-refractivity contribution in [3.8, 4) is 0 Å². The van der Waals surface area contributed by atoms with Crippen LogP contribution in [0.3, 0.4) is 0 Å². The van der Waals surface area contributed by atoms with E-state index in [1.807, 2.05) is 0 Å². The first kappa shape index (κ1) is 55.3. The SMILES string of the molecule is O=C([O-])CN(CC(=O)[O-])CC(=O)[O-].O=C([O-])CN(CC(=O)[O-])CC(=O)[O-].[Na+].[Na+].[Na+].[Na+].[Na+].[Na+]. The molecule has 0 bridgehead atoms. The molecule has 0 aromatic rings. The minimum atomic E-state index is -1.57. The third kappa shape index (κ3) is 46.1. The zero-order chi connectivity index (χ0) is 20.9. The molecule has 0 N–H and O–H groups in total. The fourth-order valence-corrected chi connectivity index (χ4v) is 1.43. The number of carbonyl (C=O) groups is 6. The molecule has 0 atom stereocenters. The Bertz CT molecular complexity index is 445. The van der Waals surface area contributed by atoms with Crippen LogP contribution < -0.4 is 208 Å². The van der Waals surface area contributed by atoms with Crippen LogP contribution in [-0.4, -0.2) is 84.9 Å². The molecule has 20 heteroatoms. The Labute approximate surface area is 315 Å². The van der Waals surface area contributed by atoms with E-state index in [9.17, 15) is 59.4 Å². The second-order valence-corrected chi connectivity index (χ2v) is 4.52. The summed E-state index contributed by atoms with van der Waals surface area (Å²) in [5.74, 6) is -9.40. The van der Waals surface area contributed by atoms with Gasteiger partial charge in [-0.2, -0.15) is 0 Å². The molecule has 0 spiro atoms. The fraction of sp³-hybridized carbons (Fsp3) is 0.500. The summed E-state index contributed by atoms with van der Waals surface area (Å²) in [6.45, 7) is -4.74. The van der Waals surface area contributed by atoms with Crippen LogP contribution in [0.4, 0.5) is 0 Å². The minimum absolute atomic E-state index is 0. The topological polar surface area (TPSA) is 247 Å². The number of hydrogen-bond acceptors (Lipinski definition) is 14. The molecule has 0 radical (unpaired) electrons. The molecule has 0 aromatic heterocycles. The van der Waals surface area contributed by atoms with Crippen molar-refractivity contribution in [2.45, 2.75) is 0 Å². The number of aliphatic carboxylic acids is 6. The molecule has 0 rings (SSSR count). The van der Waals surface area contributed by atoms with Crippen LogP contribution in [0.15, 0.2) is 0 Å². The maximum Gasteiger partial charge on any atom is 1.00 e. The van der Waals surface area contributed by atoms with Crippen molar-refractivity contribution in [2.75, 3.05) is 39.3 Å². The van der Waals surface area contributed by atoms with Gasteiger partial charge in [-0.3, -0.25) is 9.80 Å². The summed E-state index contributed by atoms with van der Waals surface area (Å²) in [5, 5.41) is 60.0. The van der Waals surface area contributed by atoms with E-state index >= 15 is 0 Å². The Balaban J connectivity index is -0.0000000505. The van der Waals surface area contributed by atoms with Crippen molar-refractivity contribution in [1.29, 1.82) is 0 Å². The van der Waals surface area contributed by atoms with Crippen LogP contribution in [-0.2, 0) is 28.8 Å². The van der Waals surface area contributed by atoms with Crippen LogP contribution in [0, 0.1) is 0 Å². The Morgan fingerprint density at radius 2 is 0.438 bits per heavy atom. The van der Waals surface area contributed by atoms with E-state index < -0.39 is 75.1 Å². The Morgan fingerprint density at radius 3 is 0.500 bits per heavy atom. The molecule has 0 saturated heterocycles. The van der Waals surface area contributed by atoms with Crippen molar-refractivity contribution in [3.05, 3.63) is 0 Å². The van der Waals surface area contributed by atoms with E-state index in [2.05, 4.69) is 0 Å². The van der Waals surface area contributed by atoms with E-state index in [-0.39, 0.29) is 177 Å². The van der Waals surface area contributed by atoms with Crippen molar-refractivity contribution in [3.63, 3.8) is 0 Å². The maximum atomic E-state index is 9.99. The number of carbonyl (C=O) groups excluding carboxylic acids is 6. The van der Waals surface area contributed by atoms with Gasteiger partial charge in [-0.25, -0.2) is 0 Å². The number of carboxylic acid groups (broad SMARTS) is 6. The predicted octanol–water partition coefficient (Wildman–Crippen LogP) is -28.9. The molecule has 0 heterocycles. The van der Waals surface area contributed by atoms with E-state index in [0.717, 1.165) is 0 Å². The molecule has 0 aliphatic carbocycles. The third-order valence-electron chi connectivity index (χ3n) is 2.12. The Hall–Kier alpha value is 2.74. The summed E-state index contributed by atoms with van der Waals surface area (Å²) < 4.78 is 0. The van der Waals surface area contributed by atoms with Crippen LogP contribution in [0.25, 0.3) is 0 Å². The van der Waals surface area contributed by atoms with Gasteiger partial charge in [0.1, 0.15) is 0 Å².